The lowest BCUT2D eigenvalue weighted by molar-refractivity contribution is -0.385. The Kier molecular flexibility index (Phi) is 8.40. The van der Waals surface area contributed by atoms with E-state index >= 15 is 0 Å². The topological polar surface area (TPSA) is 162 Å². The zero-order chi connectivity index (χ0) is 24.6. The second-order valence-electron chi connectivity index (χ2n) is 6.70. The minimum absolute atomic E-state index is 0.0688. The summed E-state index contributed by atoms with van der Waals surface area (Å²) in [6.45, 7) is 0.392. The summed E-state index contributed by atoms with van der Waals surface area (Å²) in [6, 6.07) is 12.9. The molecule has 2 heterocycles. The van der Waals surface area contributed by atoms with Gasteiger partial charge in [0.15, 0.2) is 8.68 Å². The van der Waals surface area contributed by atoms with Gasteiger partial charge in [-0.15, -0.1) is 20.4 Å². The van der Waals surface area contributed by atoms with Gasteiger partial charge in [-0.1, -0.05) is 70.5 Å². The molecule has 4 aromatic rings. The molecule has 0 unspecified atom stereocenters. The molecular weight excluding hydrogens is 533 g/mol. The fourth-order valence-corrected chi connectivity index (χ4v) is 6.00. The van der Waals surface area contributed by atoms with Crippen LogP contribution in [-0.2, 0) is 11.5 Å². The predicted octanol–water partition coefficient (Wildman–Crippen LogP) is 5.27. The number of benzene rings is 2. The number of nitro groups is 2. The standard InChI is InChI=1S/C19H16N8O4S4/c28-26(29)14-5-1-12(2-6-14)9-32-18-24-22-16(34-18)20-11-21-17-23-25-19(35-17)33-10-13-3-7-15(8-4-13)27(30)31/h1-8H,9-11H2,(H,20,22)(H,21,23). The zero-order valence-electron chi connectivity index (χ0n) is 17.7. The molecule has 2 aromatic carbocycles. The fourth-order valence-electron chi connectivity index (χ4n) is 2.59. The predicted molar refractivity (Wildman–Crippen MR) is 137 cm³/mol. The van der Waals surface area contributed by atoms with Crippen molar-refractivity contribution in [1.82, 2.24) is 20.4 Å². The van der Waals surface area contributed by atoms with Crippen LogP contribution in [0.3, 0.4) is 0 Å². The number of nitrogens with one attached hydrogen (secondary N) is 2. The van der Waals surface area contributed by atoms with E-state index in [1.54, 1.807) is 24.3 Å². The number of thioether (sulfide) groups is 2. The lowest BCUT2D eigenvalue weighted by atomic mass is 10.2. The maximum absolute atomic E-state index is 10.7. The second-order valence-corrected chi connectivity index (χ2v) is 11.1. The first-order valence-corrected chi connectivity index (χ1v) is 13.4. The first kappa shape index (κ1) is 24.8. The smallest absolute Gasteiger partial charge is 0.269 e. The van der Waals surface area contributed by atoms with Crippen LogP contribution in [0.5, 0.6) is 0 Å². The number of nitro benzene ring substituents is 2. The number of non-ortho nitro benzene ring substituents is 2. The van der Waals surface area contributed by atoms with Crippen LogP contribution in [0.2, 0.25) is 0 Å². The number of hydrogen-bond donors (Lipinski definition) is 2. The monoisotopic (exact) mass is 548 g/mol. The first-order chi connectivity index (χ1) is 17.0. The highest BCUT2D eigenvalue weighted by atomic mass is 32.2. The fraction of sp³-hybridized carbons (Fsp3) is 0.158. The Morgan fingerprint density at radius 2 is 1.09 bits per heavy atom. The molecule has 0 aliphatic heterocycles. The van der Waals surface area contributed by atoms with E-state index in [1.807, 2.05) is 0 Å². The van der Waals surface area contributed by atoms with Crippen molar-refractivity contribution < 1.29 is 9.85 Å². The number of aromatic nitrogens is 4. The Morgan fingerprint density at radius 3 is 1.46 bits per heavy atom. The Balaban J connectivity index is 1.18. The molecule has 0 atom stereocenters. The maximum Gasteiger partial charge on any atom is 0.269 e. The second kappa shape index (κ2) is 11.9. The Morgan fingerprint density at radius 1 is 0.686 bits per heavy atom. The normalized spacial score (nSPS) is 10.7. The van der Waals surface area contributed by atoms with E-state index in [0.717, 1.165) is 19.8 Å². The van der Waals surface area contributed by atoms with Crippen molar-refractivity contribution in [2.24, 2.45) is 0 Å². The summed E-state index contributed by atoms with van der Waals surface area (Å²) >= 11 is 5.83. The lowest BCUT2D eigenvalue weighted by Gasteiger charge is -2.01. The van der Waals surface area contributed by atoms with Gasteiger partial charge < -0.3 is 10.6 Å². The molecule has 0 aliphatic rings. The van der Waals surface area contributed by atoms with Crippen LogP contribution in [0.25, 0.3) is 0 Å². The minimum Gasteiger partial charge on any atom is -0.343 e. The SMILES string of the molecule is O=[N+]([O-])c1ccc(CSc2nnc(NCNc3nnc(SCc4ccc([N+](=O)[O-])cc4)s3)s2)cc1. The molecule has 12 nitrogen and oxygen atoms in total. The van der Waals surface area contributed by atoms with Crippen molar-refractivity contribution in [3.63, 3.8) is 0 Å². The van der Waals surface area contributed by atoms with Crippen LogP contribution >= 0.6 is 46.2 Å². The molecule has 0 saturated heterocycles. The van der Waals surface area contributed by atoms with Gasteiger partial charge in [0.25, 0.3) is 11.4 Å². The number of rotatable bonds is 12. The van der Waals surface area contributed by atoms with Crippen molar-refractivity contribution >= 4 is 67.8 Å². The van der Waals surface area contributed by atoms with E-state index in [0.29, 0.717) is 28.4 Å². The Hall–Kier alpha value is -3.34. The zero-order valence-corrected chi connectivity index (χ0v) is 21.0. The molecule has 180 valence electrons. The van der Waals surface area contributed by atoms with Crippen LogP contribution in [0.4, 0.5) is 21.6 Å². The van der Waals surface area contributed by atoms with Gasteiger partial charge in [-0.3, -0.25) is 20.2 Å². The van der Waals surface area contributed by atoms with Crippen LogP contribution < -0.4 is 10.6 Å². The van der Waals surface area contributed by atoms with Crippen molar-refractivity contribution in [2.45, 2.75) is 20.2 Å². The van der Waals surface area contributed by atoms with Crippen molar-refractivity contribution in [3.8, 4) is 0 Å². The van der Waals surface area contributed by atoms with Gasteiger partial charge in [-0.2, -0.15) is 0 Å². The van der Waals surface area contributed by atoms with E-state index in [4.69, 9.17) is 0 Å². The van der Waals surface area contributed by atoms with E-state index in [9.17, 15) is 20.2 Å². The van der Waals surface area contributed by atoms with Gasteiger partial charge in [-0.25, -0.2) is 0 Å². The van der Waals surface area contributed by atoms with E-state index in [2.05, 4.69) is 31.0 Å². The number of anilines is 2. The van der Waals surface area contributed by atoms with Gasteiger partial charge in [0.2, 0.25) is 10.3 Å². The summed E-state index contributed by atoms with van der Waals surface area (Å²) < 4.78 is 1.57. The molecule has 0 spiro atoms. The molecule has 0 amide bonds. The van der Waals surface area contributed by atoms with Gasteiger partial charge in [-0.05, 0) is 11.1 Å². The Labute approximate surface area is 214 Å². The van der Waals surface area contributed by atoms with E-state index in [-0.39, 0.29) is 11.4 Å². The average Bonchev–Trinajstić information content (AvgIpc) is 3.51. The van der Waals surface area contributed by atoms with Crippen LogP contribution in [0.15, 0.2) is 57.2 Å². The van der Waals surface area contributed by atoms with Crippen molar-refractivity contribution in [1.29, 1.82) is 0 Å². The molecule has 0 saturated carbocycles. The van der Waals surface area contributed by atoms with Crippen LogP contribution in [0, 0.1) is 20.2 Å². The molecule has 16 heteroatoms. The number of hydrogen-bond acceptors (Lipinski definition) is 14. The molecule has 0 fully saturated rings. The average molecular weight is 549 g/mol. The third kappa shape index (κ3) is 7.32. The summed E-state index contributed by atoms with van der Waals surface area (Å²) in [6.07, 6.45) is 0. The molecule has 0 radical (unpaired) electrons. The Bertz CT molecular complexity index is 1200. The maximum atomic E-state index is 10.7. The van der Waals surface area contributed by atoms with Crippen LogP contribution in [0.1, 0.15) is 11.1 Å². The molecule has 2 aromatic heterocycles. The van der Waals surface area contributed by atoms with Crippen molar-refractivity contribution in [2.75, 3.05) is 17.3 Å². The molecule has 0 aliphatic carbocycles. The summed E-state index contributed by atoms with van der Waals surface area (Å²) in [4.78, 5) is 20.6. The lowest BCUT2D eigenvalue weighted by Crippen LogP contribution is -2.11. The van der Waals surface area contributed by atoms with Crippen LogP contribution in [-0.4, -0.2) is 36.9 Å². The highest BCUT2D eigenvalue weighted by Gasteiger charge is 2.09. The van der Waals surface area contributed by atoms with E-state index in [1.165, 1.54) is 70.5 Å². The van der Waals surface area contributed by atoms with Crippen molar-refractivity contribution in [3.05, 3.63) is 79.9 Å². The highest BCUT2D eigenvalue weighted by molar-refractivity contribution is 8.00. The van der Waals surface area contributed by atoms with Gasteiger partial charge in [0.1, 0.15) is 0 Å². The largest absolute Gasteiger partial charge is 0.343 e. The molecule has 35 heavy (non-hydrogen) atoms. The van der Waals surface area contributed by atoms with Gasteiger partial charge >= 0.3 is 0 Å². The van der Waals surface area contributed by atoms with Gasteiger partial charge in [0.05, 0.1) is 16.5 Å². The molecule has 4 rings (SSSR count). The summed E-state index contributed by atoms with van der Waals surface area (Å²) in [5.41, 5.74) is 2.06. The minimum atomic E-state index is -0.420. The molecule has 2 N–H and O–H groups in total. The first-order valence-electron chi connectivity index (χ1n) is 9.83. The summed E-state index contributed by atoms with van der Waals surface area (Å²) in [7, 11) is 0. The molecule has 0 bridgehead atoms. The molecular formula is C19H16N8O4S4. The third-order valence-corrected chi connectivity index (χ3v) is 8.48. The number of nitrogens with zero attached hydrogens (tertiary/aromatic N) is 6. The quantitative estimate of drug-likeness (QED) is 0.102. The highest BCUT2D eigenvalue weighted by Crippen LogP contribution is 2.30. The summed E-state index contributed by atoms with van der Waals surface area (Å²) in [5.74, 6) is 1.27. The van der Waals surface area contributed by atoms with Gasteiger partial charge in [0, 0.05) is 35.8 Å². The third-order valence-electron chi connectivity index (χ3n) is 4.31. The summed E-state index contributed by atoms with van der Waals surface area (Å²) in [5, 5.41) is 45.5. The van der Waals surface area contributed by atoms with E-state index < -0.39 is 9.85 Å².